The maximum Gasteiger partial charge on any atom is 0.345 e. The van der Waals surface area contributed by atoms with E-state index in [0.29, 0.717) is 22.6 Å². The summed E-state index contributed by atoms with van der Waals surface area (Å²) >= 11 is 0. The third-order valence-corrected chi connectivity index (χ3v) is 3.59. The minimum absolute atomic E-state index is 0.0263. The minimum atomic E-state index is -0.602. The van der Waals surface area contributed by atoms with E-state index in [4.69, 9.17) is 4.74 Å². The summed E-state index contributed by atoms with van der Waals surface area (Å²) in [4.78, 5) is 41.3. The molecule has 0 atom stereocenters. The molecule has 0 aliphatic heterocycles. The van der Waals surface area contributed by atoms with Crippen LogP contribution >= 0.6 is 0 Å². The zero-order valence-corrected chi connectivity index (χ0v) is 14.9. The summed E-state index contributed by atoms with van der Waals surface area (Å²) in [5.74, 6) is -0.660. The van der Waals surface area contributed by atoms with Crippen molar-refractivity contribution >= 4 is 18.1 Å². The first-order valence-corrected chi connectivity index (χ1v) is 8.30. The van der Waals surface area contributed by atoms with Gasteiger partial charge in [-0.25, -0.2) is 15.0 Å². The van der Waals surface area contributed by atoms with Crippen molar-refractivity contribution in [2.75, 3.05) is 0 Å². The molecule has 0 spiro atoms. The summed E-state index contributed by atoms with van der Waals surface area (Å²) in [6, 6.07) is 16.7. The van der Waals surface area contributed by atoms with Gasteiger partial charge in [0.2, 0.25) is 0 Å². The Bertz CT molecular complexity index is 1070. The monoisotopic (exact) mass is 376 g/mol. The number of hydrogen-bond donors (Lipinski definition) is 2. The lowest BCUT2D eigenvalue weighted by atomic mass is 10.2. The predicted octanol–water partition coefficient (Wildman–Crippen LogP) is 2.06. The van der Waals surface area contributed by atoms with Crippen molar-refractivity contribution in [2.24, 2.45) is 5.10 Å². The van der Waals surface area contributed by atoms with Gasteiger partial charge < -0.3 is 9.72 Å². The van der Waals surface area contributed by atoms with Crippen LogP contribution in [-0.4, -0.2) is 28.1 Å². The molecule has 0 fully saturated rings. The summed E-state index contributed by atoms with van der Waals surface area (Å²) in [6.07, 6.45) is 1.42. The Morgan fingerprint density at radius 3 is 2.50 bits per heavy atom. The molecule has 0 aliphatic rings. The molecular weight excluding hydrogens is 360 g/mol. The van der Waals surface area contributed by atoms with E-state index in [0.717, 1.165) is 0 Å². The maximum absolute atomic E-state index is 12.0. The molecule has 2 aromatic carbocycles. The molecule has 8 nitrogen and oxygen atoms in total. The number of aromatic nitrogens is 2. The van der Waals surface area contributed by atoms with Gasteiger partial charge in [-0.05, 0) is 55.0 Å². The Balaban J connectivity index is 1.58. The van der Waals surface area contributed by atoms with Crippen molar-refractivity contribution in [3.63, 3.8) is 0 Å². The average molecular weight is 376 g/mol. The van der Waals surface area contributed by atoms with Gasteiger partial charge in [0.1, 0.15) is 11.4 Å². The molecule has 0 bridgehead atoms. The second kappa shape index (κ2) is 8.54. The first-order chi connectivity index (χ1) is 13.5. The number of hydrazone groups is 1. The number of rotatable bonds is 5. The van der Waals surface area contributed by atoms with Gasteiger partial charge in [0.25, 0.3) is 5.91 Å². The maximum atomic E-state index is 12.0. The van der Waals surface area contributed by atoms with Gasteiger partial charge in [-0.1, -0.05) is 18.2 Å². The topological polar surface area (TPSA) is 114 Å². The lowest BCUT2D eigenvalue weighted by Crippen LogP contribution is -2.24. The highest BCUT2D eigenvalue weighted by Gasteiger charge is 2.08. The van der Waals surface area contributed by atoms with Gasteiger partial charge in [0, 0.05) is 5.69 Å². The van der Waals surface area contributed by atoms with Crippen molar-refractivity contribution in [1.82, 2.24) is 15.4 Å². The lowest BCUT2D eigenvalue weighted by Gasteiger charge is -2.04. The Morgan fingerprint density at radius 1 is 1.11 bits per heavy atom. The Labute approximate surface area is 159 Å². The lowest BCUT2D eigenvalue weighted by molar-refractivity contribution is 0.0734. The number of esters is 1. The summed E-state index contributed by atoms with van der Waals surface area (Å²) in [5.41, 5.74) is 3.33. The highest BCUT2D eigenvalue weighted by molar-refractivity contribution is 5.93. The molecule has 3 aromatic rings. The van der Waals surface area contributed by atoms with Gasteiger partial charge in [0.15, 0.2) is 0 Å². The van der Waals surface area contributed by atoms with E-state index >= 15 is 0 Å². The van der Waals surface area contributed by atoms with Crippen LogP contribution in [0.15, 0.2) is 70.6 Å². The SMILES string of the molecule is Cc1cc(C(=O)N/N=C/c2ccc(OC(=O)c3ccccc3)cc2)nc(=O)[nH]1. The number of nitrogens with one attached hydrogen (secondary N) is 2. The third kappa shape index (κ3) is 4.98. The second-order valence-corrected chi connectivity index (χ2v) is 5.78. The number of aromatic amines is 1. The predicted molar refractivity (Wildman–Crippen MR) is 102 cm³/mol. The number of carbonyl (C=O) groups is 2. The number of ether oxygens (including phenoxy) is 1. The summed E-state index contributed by atoms with van der Waals surface area (Å²) in [5, 5.41) is 3.83. The van der Waals surface area contributed by atoms with Crippen molar-refractivity contribution in [3.05, 3.63) is 93.7 Å². The molecule has 3 rings (SSSR count). The first kappa shape index (κ1) is 18.7. The minimum Gasteiger partial charge on any atom is -0.423 e. The van der Waals surface area contributed by atoms with Crippen molar-refractivity contribution in [2.45, 2.75) is 6.92 Å². The molecule has 0 unspecified atom stereocenters. The quantitative estimate of drug-likeness (QED) is 0.306. The largest absolute Gasteiger partial charge is 0.423 e. The third-order valence-electron chi connectivity index (χ3n) is 3.59. The van der Waals surface area contributed by atoms with Crippen LogP contribution in [0.25, 0.3) is 0 Å². The van der Waals surface area contributed by atoms with E-state index in [2.05, 4.69) is 20.5 Å². The Hall–Kier alpha value is -4.07. The van der Waals surface area contributed by atoms with Gasteiger partial charge in [-0.2, -0.15) is 10.1 Å². The van der Waals surface area contributed by atoms with Crippen molar-refractivity contribution in [3.8, 4) is 5.75 Å². The van der Waals surface area contributed by atoms with Crippen LogP contribution < -0.4 is 15.9 Å². The summed E-state index contributed by atoms with van der Waals surface area (Å²) in [6.45, 7) is 1.65. The number of hydrogen-bond acceptors (Lipinski definition) is 6. The number of carbonyl (C=O) groups excluding carboxylic acids is 2. The van der Waals surface area contributed by atoms with Crippen LogP contribution in [0.1, 0.15) is 32.1 Å². The molecule has 140 valence electrons. The van der Waals surface area contributed by atoms with Crippen LogP contribution in [0, 0.1) is 6.92 Å². The molecule has 0 saturated heterocycles. The van der Waals surface area contributed by atoms with Crippen LogP contribution in [0.2, 0.25) is 0 Å². The van der Waals surface area contributed by atoms with Gasteiger partial charge in [0.05, 0.1) is 11.8 Å². The second-order valence-electron chi connectivity index (χ2n) is 5.78. The molecule has 0 saturated carbocycles. The summed E-state index contributed by atoms with van der Waals surface area (Å²) in [7, 11) is 0. The number of aryl methyl sites for hydroxylation is 1. The molecule has 28 heavy (non-hydrogen) atoms. The number of amides is 1. The van der Waals surface area contributed by atoms with E-state index in [-0.39, 0.29) is 5.69 Å². The van der Waals surface area contributed by atoms with E-state index in [9.17, 15) is 14.4 Å². The van der Waals surface area contributed by atoms with E-state index in [1.165, 1.54) is 12.3 Å². The van der Waals surface area contributed by atoms with Gasteiger partial charge >= 0.3 is 11.7 Å². The zero-order chi connectivity index (χ0) is 19.9. The normalized spacial score (nSPS) is 10.6. The van der Waals surface area contributed by atoms with E-state index < -0.39 is 17.6 Å². The number of H-pyrrole nitrogens is 1. The number of benzene rings is 2. The molecule has 8 heteroatoms. The Morgan fingerprint density at radius 2 is 1.82 bits per heavy atom. The zero-order valence-electron chi connectivity index (χ0n) is 14.9. The average Bonchev–Trinajstić information content (AvgIpc) is 2.69. The first-order valence-electron chi connectivity index (χ1n) is 8.30. The molecule has 0 aliphatic carbocycles. The van der Waals surface area contributed by atoms with E-state index in [1.54, 1.807) is 55.5 Å². The standard InChI is InChI=1S/C20H16N4O4/c1-13-11-17(23-20(27)22-13)18(25)24-21-12-14-7-9-16(10-8-14)28-19(26)15-5-3-2-4-6-15/h2-12H,1H3,(H,24,25)(H,22,23,27)/b21-12+. The smallest absolute Gasteiger partial charge is 0.345 e. The Kier molecular flexibility index (Phi) is 5.71. The molecular formula is C20H16N4O4. The van der Waals surface area contributed by atoms with Crippen LogP contribution in [0.4, 0.5) is 0 Å². The van der Waals surface area contributed by atoms with E-state index in [1.807, 2.05) is 6.07 Å². The van der Waals surface area contributed by atoms with Crippen LogP contribution in [-0.2, 0) is 0 Å². The molecule has 0 radical (unpaired) electrons. The molecule has 1 aromatic heterocycles. The van der Waals surface area contributed by atoms with Crippen LogP contribution in [0.5, 0.6) is 5.75 Å². The van der Waals surface area contributed by atoms with Crippen LogP contribution in [0.3, 0.4) is 0 Å². The fourth-order valence-corrected chi connectivity index (χ4v) is 2.28. The summed E-state index contributed by atoms with van der Waals surface area (Å²) < 4.78 is 5.28. The van der Waals surface area contributed by atoms with Crippen molar-refractivity contribution < 1.29 is 14.3 Å². The fraction of sp³-hybridized carbons (Fsp3) is 0.0500. The fourth-order valence-electron chi connectivity index (χ4n) is 2.28. The van der Waals surface area contributed by atoms with Gasteiger partial charge in [-0.3, -0.25) is 4.79 Å². The molecule has 1 amide bonds. The van der Waals surface area contributed by atoms with Gasteiger partial charge in [-0.15, -0.1) is 0 Å². The number of nitrogens with zero attached hydrogens (tertiary/aromatic N) is 2. The highest BCUT2D eigenvalue weighted by Crippen LogP contribution is 2.13. The molecule has 2 N–H and O–H groups in total. The highest BCUT2D eigenvalue weighted by atomic mass is 16.5. The van der Waals surface area contributed by atoms with Crippen molar-refractivity contribution in [1.29, 1.82) is 0 Å². The molecule has 1 heterocycles.